The molecule has 1 aromatic heterocycles. The van der Waals surface area contributed by atoms with Crippen molar-refractivity contribution in [3.8, 4) is 11.5 Å². The van der Waals surface area contributed by atoms with Gasteiger partial charge >= 0.3 is 0 Å². The van der Waals surface area contributed by atoms with Crippen LogP contribution < -0.4 is 5.32 Å². The van der Waals surface area contributed by atoms with Gasteiger partial charge in [0.15, 0.2) is 0 Å². The molecule has 0 saturated heterocycles. The number of aromatic amines is 1. The number of imidazole rings is 1. The largest absolute Gasteiger partial charge is 0.508 e. The van der Waals surface area contributed by atoms with Crippen LogP contribution in [0.5, 0.6) is 11.5 Å². The number of hydrogen-bond donors (Lipinski definition) is 4. The third-order valence-corrected chi connectivity index (χ3v) is 2.20. The highest BCUT2D eigenvalue weighted by Crippen LogP contribution is 2.21. The molecule has 88 valence electrons. The SMILES string of the molecule is O=C(NCc1ncc[nH]1)c1cc(O)ccc1O. The zero-order chi connectivity index (χ0) is 12.3. The van der Waals surface area contributed by atoms with E-state index in [2.05, 4.69) is 15.3 Å². The monoisotopic (exact) mass is 233 g/mol. The topological polar surface area (TPSA) is 98.2 Å². The van der Waals surface area contributed by atoms with Crippen molar-refractivity contribution in [2.75, 3.05) is 0 Å². The van der Waals surface area contributed by atoms with Gasteiger partial charge in [0.2, 0.25) is 0 Å². The molecule has 1 amide bonds. The number of H-pyrrole nitrogens is 1. The maximum absolute atomic E-state index is 11.7. The number of phenols is 2. The Morgan fingerprint density at radius 1 is 1.41 bits per heavy atom. The normalized spacial score (nSPS) is 10.1. The fourth-order valence-corrected chi connectivity index (χ4v) is 1.36. The second kappa shape index (κ2) is 4.56. The highest BCUT2D eigenvalue weighted by molar-refractivity contribution is 5.97. The van der Waals surface area contributed by atoms with Crippen LogP contribution >= 0.6 is 0 Å². The molecule has 6 heteroatoms. The molecule has 0 atom stereocenters. The third-order valence-electron chi connectivity index (χ3n) is 2.20. The van der Waals surface area contributed by atoms with E-state index in [1.54, 1.807) is 12.4 Å². The Morgan fingerprint density at radius 3 is 2.94 bits per heavy atom. The van der Waals surface area contributed by atoms with Crippen LogP contribution in [0, 0.1) is 0 Å². The molecule has 4 N–H and O–H groups in total. The average Bonchev–Trinajstić information content (AvgIpc) is 2.82. The molecule has 0 aliphatic heterocycles. The van der Waals surface area contributed by atoms with Gasteiger partial charge in [-0.1, -0.05) is 0 Å². The fraction of sp³-hybridized carbons (Fsp3) is 0.0909. The Balaban J connectivity index is 2.07. The van der Waals surface area contributed by atoms with Crippen molar-refractivity contribution in [3.05, 3.63) is 42.0 Å². The molecule has 0 aliphatic carbocycles. The van der Waals surface area contributed by atoms with E-state index in [0.29, 0.717) is 5.82 Å². The van der Waals surface area contributed by atoms with Crippen LogP contribution in [-0.4, -0.2) is 26.1 Å². The number of phenolic OH excluding ortho intramolecular Hbond substituents is 2. The molecular weight excluding hydrogens is 222 g/mol. The van der Waals surface area contributed by atoms with Crippen LogP contribution in [0.15, 0.2) is 30.6 Å². The number of aromatic nitrogens is 2. The van der Waals surface area contributed by atoms with E-state index in [1.807, 2.05) is 0 Å². The lowest BCUT2D eigenvalue weighted by Gasteiger charge is -2.05. The van der Waals surface area contributed by atoms with Gasteiger partial charge in [-0.2, -0.15) is 0 Å². The summed E-state index contributed by atoms with van der Waals surface area (Å²) in [5.41, 5.74) is 0.0246. The molecule has 2 rings (SSSR count). The highest BCUT2D eigenvalue weighted by Gasteiger charge is 2.11. The lowest BCUT2D eigenvalue weighted by Crippen LogP contribution is -2.23. The number of carbonyl (C=O) groups excluding carboxylic acids is 1. The van der Waals surface area contributed by atoms with E-state index >= 15 is 0 Å². The van der Waals surface area contributed by atoms with Gasteiger partial charge in [-0.05, 0) is 18.2 Å². The standard InChI is InChI=1S/C11H11N3O3/c15-7-1-2-9(16)8(5-7)11(17)14-6-10-12-3-4-13-10/h1-5,15-16H,6H2,(H,12,13)(H,14,17). The summed E-state index contributed by atoms with van der Waals surface area (Å²) in [5, 5.41) is 21.3. The fourth-order valence-electron chi connectivity index (χ4n) is 1.36. The predicted molar refractivity (Wildman–Crippen MR) is 59.5 cm³/mol. The van der Waals surface area contributed by atoms with Crippen molar-refractivity contribution in [2.24, 2.45) is 0 Å². The molecule has 0 spiro atoms. The quantitative estimate of drug-likeness (QED) is 0.588. The van der Waals surface area contributed by atoms with Crippen LogP contribution in [0.2, 0.25) is 0 Å². The Bertz CT molecular complexity index is 523. The van der Waals surface area contributed by atoms with Crippen molar-refractivity contribution in [3.63, 3.8) is 0 Å². The summed E-state index contributed by atoms with van der Waals surface area (Å²) >= 11 is 0. The first-order chi connectivity index (χ1) is 8.16. The van der Waals surface area contributed by atoms with Gasteiger partial charge in [0.1, 0.15) is 17.3 Å². The number of hydrogen-bond acceptors (Lipinski definition) is 4. The molecular formula is C11H11N3O3. The zero-order valence-corrected chi connectivity index (χ0v) is 8.84. The van der Waals surface area contributed by atoms with Crippen LogP contribution in [0.3, 0.4) is 0 Å². The molecule has 1 heterocycles. The minimum absolute atomic E-state index is 0.0246. The van der Waals surface area contributed by atoms with Gasteiger partial charge in [0.25, 0.3) is 5.91 Å². The number of aromatic hydroxyl groups is 2. The van der Waals surface area contributed by atoms with E-state index in [1.165, 1.54) is 18.2 Å². The van der Waals surface area contributed by atoms with E-state index in [4.69, 9.17) is 0 Å². The van der Waals surface area contributed by atoms with Gasteiger partial charge in [-0.3, -0.25) is 4.79 Å². The summed E-state index contributed by atoms with van der Waals surface area (Å²) in [6.07, 6.45) is 3.22. The van der Waals surface area contributed by atoms with Crippen LogP contribution in [-0.2, 0) is 6.54 Å². The van der Waals surface area contributed by atoms with Crippen LogP contribution in [0.1, 0.15) is 16.2 Å². The predicted octanol–water partition coefficient (Wildman–Crippen LogP) is 0.751. The summed E-state index contributed by atoms with van der Waals surface area (Å²) in [7, 11) is 0. The second-order valence-corrected chi connectivity index (χ2v) is 3.42. The minimum atomic E-state index is -0.477. The van der Waals surface area contributed by atoms with E-state index in [0.717, 1.165) is 0 Å². The zero-order valence-electron chi connectivity index (χ0n) is 8.84. The summed E-state index contributed by atoms with van der Waals surface area (Å²) in [6, 6.07) is 3.77. The Kier molecular flexibility index (Phi) is 2.95. The minimum Gasteiger partial charge on any atom is -0.508 e. The number of nitrogens with one attached hydrogen (secondary N) is 2. The molecule has 6 nitrogen and oxygen atoms in total. The molecule has 0 bridgehead atoms. The molecule has 2 aromatic rings. The smallest absolute Gasteiger partial charge is 0.255 e. The first-order valence-electron chi connectivity index (χ1n) is 4.95. The van der Waals surface area contributed by atoms with Crippen molar-refractivity contribution in [1.29, 1.82) is 0 Å². The summed E-state index contributed by atoms with van der Waals surface area (Å²) < 4.78 is 0. The molecule has 1 aromatic carbocycles. The van der Waals surface area contributed by atoms with Crippen molar-refractivity contribution < 1.29 is 15.0 Å². The maximum atomic E-state index is 11.7. The number of carbonyl (C=O) groups is 1. The van der Waals surface area contributed by atoms with Crippen molar-refractivity contribution >= 4 is 5.91 Å². The second-order valence-electron chi connectivity index (χ2n) is 3.42. The van der Waals surface area contributed by atoms with Gasteiger partial charge in [0, 0.05) is 12.4 Å². The number of rotatable bonds is 3. The van der Waals surface area contributed by atoms with E-state index < -0.39 is 5.91 Å². The van der Waals surface area contributed by atoms with Gasteiger partial charge < -0.3 is 20.5 Å². The number of benzene rings is 1. The molecule has 0 aliphatic rings. The summed E-state index contributed by atoms with van der Waals surface area (Å²) in [4.78, 5) is 18.5. The Hall–Kier alpha value is -2.50. The summed E-state index contributed by atoms with van der Waals surface area (Å²) in [6.45, 7) is 0.223. The van der Waals surface area contributed by atoms with Crippen LogP contribution in [0.25, 0.3) is 0 Å². The number of nitrogens with zero attached hydrogens (tertiary/aromatic N) is 1. The van der Waals surface area contributed by atoms with E-state index in [9.17, 15) is 15.0 Å². The first kappa shape index (κ1) is 11.0. The molecule has 17 heavy (non-hydrogen) atoms. The summed E-state index contributed by atoms with van der Waals surface area (Å²) in [5.74, 6) is -0.126. The van der Waals surface area contributed by atoms with Gasteiger partial charge in [-0.15, -0.1) is 0 Å². The molecule has 0 unspecified atom stereocenters. The lowest BCUT2D eigenvalue weighted by atomic mass is 10.2. The molecule has 0 saturated carbocycles. The Labute approximate surface area is 96.9 Å². The highest BCUT2D eigenvalue weighted by atomic mass is 16.3. The molecule has 0 fully saturated rings. The van der Waals surface area contributed by atoms with Crippen LogP contribution in [0.4, 0.5) is 0 Å². The third kappa shape index (κ3) is 2.54. The van der Waals surface area contributed by atoms with Crippen molar-refractivity contribution in [1.82, 2.24) is 15.3 Å². The molecule has 0 radical (unpaired) electrons. The maximum Gasteiger partial charge on any atom is 0.255 e. The van der Waals surface area contributed by atoms with Gasteiger partial charge in [0.05, 0.1) is 12.1 Å². The van der Waals surface area contributed by atoms with Crippen molar-refractivity contribution in [2.45, 2.75) is 6.54 Å². The lowest BCUT2D eigenvalue weighted by molar-refractivity contribution is 0.0947. The Morgan fingerprint density at radius 2 is 2.24 bits per heavy atom. The van der Waals surface area contributed by atoms with E-state index in [-0.39, 0.29) is 23.6 Å². The van der Waals surface area contributed by atoms with Gasteiger partial charge in [-0.25, -0.2) is 4.98 Å². The first-order valence-corrected chi connectivity index (χ1v) is 4.95. The average molecular weight is 233 g/mol. The number of amides is 1.